The van der Waals surface area contributed by atoms with E-state index in [1.807, 2.05) is 36.4 Å². The molecule has 3 aromatic heterocycles. The van der Waals surface area contributed by atoms with Crippen LogP contribution in [0.3, 0.4) is 0 Å². The molecule has 23 heavy (non-hydrogen) atoms. The number of anilines is 1. The predicted octanol–water partition coefficient (Wildman–Crippen LogP) is 4.99. The lowest BCUT2D eigenvalue weighted by Gasteiger charge is -2.05. The molecule has 0 spiro atoms. The fraction of sp³-hybridized carbons (Fsp3) is 0.0588. The van der Waals surface area contributed by atoms with E-state index in [0.717, 1.165) is 17.8 Å². The summed E-state index contributed by atoms with van der Waals surface area (Å²) in [5.74, 6) is 0.596. The molecule has 6 heteroatoms. The van der Waals surface area contributed by atoms with E-state index >= 15 is 0 Å². The van der Waals surface area contributed by atoms with Crippen LogP contribution in [-0.2, 0) is 6.54 Å². The second-order valence-corrected chi connectivity index (χ2v) is 5.89. The van der Waals surface area contributed by atoms with Crippen molar-refractivity contribution in [3.8, 4) is 11.5 Å². The first-order valence-corrected chi connectivity index (χ1v) is 7.85. The van der Waals surface area contributed by atoms with Crippen molar-refractivity contribution in [2.75, 3.05) is 5.32 Å². The average molecular weight is 344 g/mol. The van der Waals surface area contributed by atoms with Crippen LogP contribution in [0.1, 0.15) is 4.88 Å². The molecule has 3 heterocycles. The summed E-state index contributed by atoms with van der Waals surface area (Å²) in [5, 5.41) is 5.48. The third kappa shape index (κ3) is 3.36. The molecule has 4 rings (SSSR count). The van der Waals surface area contributed by atoms with Crippen LogP contribution in [0.4, 0.5) is 5.69 Å². The molecule has 4 aromatic rings. The predicted molar refractivity (Wildman–Crippen MR) is 96.1 cm³/mol. The Kier molecular flexibility index (Phi) is 4.60. The Bertz CT molecular complexity index is 855. The summed E-state index contributed by atoms with van der Waals surface area (Å²) in [6.07, 6.45) is 1.71. The van der Waals surface area contributed by atoms with E-state index in [1.54, 1.807) is 17.5 Å². The van der Waals surface area contributed by atoms with Crippen LogP contribution in [0.25, 0.3) is 22.7 Å². The summed E-state index contributed by atoms with van der Waals surface area (Å²) in [4.78, 5) is 9.90. The Morgan fingerprint density at radius 3 is 2.65 bits per heavy atom. The molecular formula is C17H14ClN3OS. The smallest absolute Gasteiger partial charge is 0.228 e. The maximum Gasteiger partial charge on any atom is 0.228 e. The third-order valence-electron chi connectivity index (χ3n) is 3.34. The molecule has 1 N–H and O–H groups in total. The molecule has 0 aliphatic carbocycles. The first-order valence-electron chi connectivity index (χ1n) is 6.97. The summed E-state index contributed by atoms with van der Waals surface area (Å²) < 4.78 is 5.72. The highest BCUT2D eigenvalue weighted by Gasteiger charge is 2.08. The normalized spacial score (nSPS) is 10.4. The Morgan fingerprint density at radius 1 is 1.04 bits per heavy atom. The highest BCUT2D eigenvalue weighted by atomic mass is 35.5. The molecule has 1 aromatic carbocycles. The van der Waals surface area contributed by atoms with E-state index in [2.05, 4.69) is 32.8 Å². The average Bonchev–Trinajstić information content (AvgIpc) is 3.22. The van der Waals surface area contributed by atoms with Gasteiger partial charge in [-0.05, 0) is 47.8 Å². The number of halogens is 1. The molecule has 4 nitrogen and oxygen atoms in total. The zero-order chi connectivity index (χ0) is 14.8. The summed E-state index contributed by atoms with van der Waals surface area (Å²) in [5.41, 5.74) is 3.36. The second-order valence-electron chi connectivity index (χ2n) is 4.85. The largest absolute Gasteiger partial charge is 0.434 e. The lowest BCUT2D eigenvalue weighted by Crippen LogP contribution is -1.96. The molecule has 0 aliphatic heterocycles. The van der Waals surface area contributed by atoms with Gasteiger partial charge >= 0.3 is 0 Å². The maximum atomic E-state index is 5.72. The number of fused-ring (bicyclic) bond motifs is 1. The fourth-order valence-corrected chi connectivity index (χ4v) is 2.87. The number of hydrogen-bond acceptors (Lipinski definition) is 5. The highest BCUT2D eigenvalue weighted by Crippen LogP contribution is 2.24. The van der Waals surface area contributed by atoms with Crippen LogP contribution < -0.4 is 5.32 Å². The summed E-state index contributed by atoms with van der Waals surface area (Å²) in [7, 11) is 0. The van der Waals surface area contributed by atoms with E-state index in [-0.39, 0.29) is 12.4 Å². The number of aromatic nitrogens is 2. The lowest BCUT2D eigenvalue weighted by molar-refractivity contribution is 0.619. The first-order chi connectivity index (χ1) is 10.9. The Morgan fingerprint density at radius 2 is 1.91 bits per heavy atom. The van der Waals surface area contributed by atoms with Gasteiger partial charge in [-0.3, -0.25) is 0 Å². The van der Waals surface area contributed by atoms with Gasteiger partial charge in [-0.15, -0.1) is 23.7 Å². The SMILES string of the molecule is Cl.c1csc(CNc2ccc(-c3nc4ncccc4o3)cc2)c1. The topological polar surface area (TPSA) is 51.0 Å². The minimum Gasteiger partial charge on any atom is -0.434 e. The molecule has 0 saturated heterocycles. The number of benzene rings is 1. The zero-order valence-electron chi connectivity index (χ0n) is 12.1. The van der Waals surface area contributed by atoms with Gasteiger partial charge in [0.1, 0.15) is 0 Å². The quantitative estimate of drug-likeness (QED) is 0.567. The van der Waals surface area contributed by atoms with Crippen LogP contribution >= 0.6 is 23.7 Å². The summed E-state index contributed by atoms with van der Waals surface area (Å²) in [6.45, 7) is 0.837. The Labute approximate surface area is 143 Å². The van der Waals surface area contributed by atoms with E-state index in [4.69, 9.17) is 4.42 Å². The first kappa shape index (κ1) is 15.5. The summed E-state index contributed by atoms with van der Waals surface area (Å²) in [6, 6.07) is 16.0. The van der Waals surface area contributed by atoms with Crippen LogP contribution in [0.5, 0.6) is 0 Å². The number of nitrogens with zero attached hydrogens (tertiary/aromatic N) is 2. The van der Waals surface area contributed by atoms with Crippen LogP contribution in [0.2, 0.25) is 0 Å². The number of thiophene rings is 1. The Balaban J connectivity index is 0.00000156. The van der Waals surface area contributed by atoms with Gasteiger partial charge in [-0.2, -0.15) is 4.98 Å². The minimum atomic E-state index is 0. The molecule has 0 bridgehead atoms. The van der Waals surface area contributed by atoms with Gasteiger partial charge in [0.2, 0.25) is 5.89 Å². The van der Waals surface area contributed by atoms with Crippen molar-refractivity contribution in [2.24, 2.45) is 0 Å². The van der Waals surface area contributed by atoms with Crippen molar-refractivity contribution < 1.29 is 4.42 Å². The van der Waals surface area contributed by atoms with Crippen molar-refractivity contribution in [1.29, 1.82) is 0 Å². The molecule has 0 aliphatic rings. The van der Waals surface area contributed by atoms with E-state index in [1.165, 1.54) is 4.88 Å². The molecule has 0 atom stereocenters. The van der Waals surface area contributed by atoms with E-state index in [0.29, 0.717) is 17.1 Å². The highest BCUT2D eigenvalue weighted by molar-refractivity contribution is 7.09. The monoisotopic (exact) mass is 343 g/mol. The van der Waals surface area contributed by atoms with Gasteiger partial charge in [0.25, 0.3) is 0 Å². The maximum absolute atomic E-state index is 5.72. The number of pyridine rings is 1. The van der Waals surface area contributed by atoms with Crippen molar-refractivity contribution in [1.82, 2.24) is 9.97 Å². The van der Waals surface area contributed by atoms with Crippen molar-refractivity contribution in [2.45, 2.75) is 6.54 Å². The second kappa shape index (κ2) is 6.81. The van der Waals surface area contributed by atoms with Gasteiger partial charge in [-0.25, -0.2) is 4.98 Å². The van der Waals surface area contributed by atoms with Gasteiger partial charge in [0.15, 0.2) is 11.2 Å². The Hall–Kier alpha value is -2.37. The lowest BCUT2D eigenvalue weighted by atomic mass is 10.2. The van der Waals surface area contributed by atoms with Gasteiger partial charge < -0.3 is 9.73 Å². The molecule has 0 amide bonds. The molecule has 116 valence electrons. The number of rotatable bonds is 4. The van der Waals surface area contributed by atoms with E-state index in [9.17, 15) is 0 Å². The molecule has 0 radical (unpaired) electrons. The van der Waals surface area contributed by atoms with Crippen LogP contribution in [-0.4, -0.2) is 9.97 Å². The number of nitrogens with one attached hydrogen (secondary N) is 1. The van der Waals surface area contributed by atoms with Gasteiger partial charge in [0, 0.05) is 28.9 Å². The summed E-state index contributed by atoms with van der Waals surface area (Å²) >= 11 is 1.75. The minimum absolute atomic E-state index is 0. The van der Waals surface area contributed by atoms with Crippen molar-refractivity contribution >= 4 is 40.7 Å². The molecule has 0 fully saturated rings. The fourth-order valence-electron chi connectivity index (χ4n) is 2.23. The van der Waals surface area contributed by atoms with Crippen LogP contribution in [0, 0.1) is 0 Å². The van der Waals surface area contributed by atoms with Gasteiger partial charge in [-0.1, -0.05) is 6.07 Å². The number of oxazole rings is 1. The van der Waals surface area contributed by atoms with E-state index < -0.39 is 0 Å². The molecule has 0 unspecified atom stereocenters. The standard InChI is InChI=1S/C17H13N3OS.ClH/c1-4-15-16(18-9-1)20-17(21-15)12-5-7-13(8-6-12)19-11-14-3-2-10-22-14;/h1-10,19H,11H2;1H. The third-order valence-corrected chi connectivity index (χ3v) is 4.22. The van der Waals surface area contributed by atoms with Crippen molar-refractivity contribution in [3.63, 3.8) is 0 Å². The van der Waals surface area contributed by atoms with Gasteiger partial charge in [0.05, 0.1) is 0 Å². The molecular weight excluding hydrogens is 330 g/mol. The molecule has 0 saturated carbocycles. The van der Waals surface area contributed by atoms with Crippen LogP contribution in [0.15, 0.2) is 64.5 Å². The zero-order valence-corrected chi connectivity index (χ0v) is 13.7. The number of hydrogen-bond donors (Lipinski definition) is 1. The van der Waals surface area contributed by atoms with Crippen molar-refractivity contribution in [3.05, 3.63) is 65.0 Å².